The number of hydrogen-bond acceptors (Lipinski definition) is 4. The molecule has 0 unspecified atom stereocenters. The molecule has 2 aromatic rings. The number of thiazole rings is 1. The molecule has 108 valence electrons. The van der Waals surface area contributed by atoms with Gasteiger partial charge in [-0.3, -0.25) is 0 Å². The summed E-state index contributed by atoms with van der Waals surface area (Å²) >= 11 is 1.73. The van der Waals surface area contributed by atoms with Crippen LogP contribution in [-0.4, -0.2) is 12.0 Å². The van der Waals surface area contributed by atoms with Gasteiger partial charge in [-0.2, -0.15) is 0 Å². The summed E-state index contributed by atoms with van der Waals surface area (Å²) in [6.45, 7) is 7.98. The van der Waals surface area contributed by atoms with Crippen LogP contribution in [-0.2, 0) is 18.6 Å². The number of nitrogens with zero attached hydrogens (tertiary/aromatic N) is 1. The molecule has 0 saturated carbocycles. The molecule has 0 atom stereocenters. The van der Waals surface area contributed by atoms with Crippen LogP contribution in [0.25, 0.3) is 0 Å². The SMILES string of the molecule is CNCc1sc(COc2ccccc2)nc1C(C)(C)C. The number of nitrogens with one attached hydrogen (secondary N) is 1. The predicted molar refractivity (Wildman–Crippen MR) is 84.4 cm³/mol. The molecule has 3 nitrogen and oxygen atoms in total. The fourth-order valence-corrected chi connectivity index (χ4v) is 3.19. The lowest BCUT2D eigenvalue weighted by atomic mass is 9.91. The van der Waals surface area contributed by atoms with Gasteiger partial charge in [0, 0.05) is 16.8 Å². The van der Waals surface area contributed by atoms with E-state index in [4.69, 9.17) is 9.72 Å². The summed E-state index contributed by atoms with van der Waals surface area (Å²) in [5.41, 5.74) is 1.23. The Bertz CT molecular complexity index is 543. The molecule has 0 aliphatic rings. The number of aromatic nitrogens is 1. The molecular weight excluding hydrogens is 268 g/mol. The van der Waals surface area contributed by atoms with Crippen LogP contribution >= 0.6 is 11.3 Å². The largest absolute Gasteiger partial charge is 0.486 e. The second-order valence-electron chi connectivity index (χ2n) is 5.76. The second-order valence-corrected chi connectivity index (χ2v) is 6.93. The lowest BCUT2D eigenvalue weighted by Gasteiger charge is -2.17. The van der Waals surface area contributed by atoms with E-state index >= 15 is 0 Å². The normalized spacial score (nSPS) is 11.6. The van der Waals surface area contributed by atoms with Crippen molar-refractivity contribution < 1.29 is 4.74 Å². The molecule has 1 heterocycles. The summed E-state index contributed by atoms with van der Waals surface area (Å²) in [6.07, 6.45) is 0. The van der Waals surface area contributed by atoms with E-state index in [0.29, 0.717) is 6.61 Å². The lowest BCUT2D eigenvalue weighted by molar-refractivity contribution is 0.305. The molecule has 1 N–H and O–H groups in total. The molecule has 1 aromatic heterocycles. The quantitative estimate of drug-likeness (QED) is 0.911. The highest BCUT2D eigenvalue weighted by molar-refractivity contribution is 7.11. The summed E-state index contributed by atoms with van der Waals surface area (Å²) in [6, 6.07) is 9.87. The van der Waals surface area contributed by atoms with Crippen molar-refractivity contribution in [3.8, 4) is 5.75 Å². The van der Waals surface area contributed by atoms with Crippen molar-refractivity contribution >= 4 is 11.3 Å². The second kappa shape index (κ2) is 6.37. The molecule has 0 saturated heterocycles. The summed E-state index contributed by atoms with van der Waals surface area (Å²) < 4.78 is 5.78. The fourth-order valence-electron chi connectivity index (χ4n) is 1.99. The Morgan fingerprint density at radius 3 is 2.50 bits per heavy atom. The van der Waals surface area contributed by atoms with Crippen LogP contribution in [0.1, 0.15) is 36.3 Å². The van der Waals surface area contributed by atoms with Crippen molar-refractivity contribution in [3.63, 3.8) is 0 Å². The maximum atomic E-state index is 5.78. The minimum atomic E-state index is 0.0632. The van der Waals surface area contributed by atoms with E-state index in [1.165, 1.54) is 10.6 Å². The summed E-state index contributed by atoms with van der Waals surface area (Å²) in [4.78, 5) is 6.07. The number of para-hydroxylation sites is 1. The van der Waals surface area contributed by atoms with Gasteiger partial charge in [-0.25, -0.2) is 4.98 Å². The molecule has 1 aromatic carbocycles. The van der Waals surface area contributed by atoms with Crippen molar-refractivity contribution in [2.24, 2.45) is 0 Å². The number of rotatable bonds is 5. The van der Waals surface area contributed by atoms with E-state index in [1.807, 2.05) is 37.4 Å². The lowest BCUT2D eigenvalue weighted by Crippen LogP contribution is -2.16. The Balaban J connectivity index is 2.12. The Hall–Kier alpha value is -1.39. The summed E-state index contributed by atoms with van der Waals surface area (Å²) in [7, 11) is 1.96. The molecule has 0 aliphatic heterocycles. The number of hydrogen-bond donors (Lipinski definition) is 1. The first-order valence-electron chi connectivity index (χ1n) is 6.82. The van der Waals surface area contributed by atoms with E-state index in [-0.39, 0.29) is 5.41 Å². The van der Waals surface area contributed by atoms with Crippen molar-refractivity contribution in [2.45, 2.75) is 39.3 Å². The fraction of sp³-hybridized carbons (Fsp3) is 0.438. The first kappa shape index (κ1) is 15.0. The van der Waals surface area contributed by atoms with Crippen molar-refractivity contribution in [2.75, 3.05) is 7.05 Å². The van der Waals surface area contributed by atoms with Gasteiger partial charge in [-0.1, -0.05) is 39.0 Å². The average Bonchev–Trinajstić information content (AvgIpc) is 2.81. The summed E-state index contributed by atoms with van der Waals surface area (Å²) in [5.74, 6) is 0.884. The Morgan fingerprint density at radius 1 is 1.20 bits per heavy atom. The van der Waals surface area contributed by atoms with Gasteiger partial charge in [-0.15, -0.1) is 11.3 Å². The van der Waals surface area contributed by atoms with Crippen LogP contribution < -0.4 is 10.1 Å². The molecule has 4 heteroatoms. The number of benzene rings is 1. The average molecular weight is 290 g/mol. The topological polar surface area (TPSA) is 34.1 Å². The van der Waals surface area contributed by atoms with Gasteiger partial charge >= 0.3 is 0 Å². The highest BCUT2D eigenvalue weighted by Crippen LogP contribution is 2.30. The third kappa shape index (κ3) is 3.81. The third-order valence-electron chi connectivity index (χ3n) is 2.89. The van der Waals surface area contributed by atoms with Gasteiger partial charge in [0.25, 0.3) is 0 Å². The minimum absolute atomic E-state index is 0.0632. The molecular formula is C16H22N2OS. The first-order chi connectivity index (χ1) is 9.50. The molecule has 0 spiro atoms. The standard InChI is InChI=1S/C16H22N2OS/c1-16(2,3)15-13(10-17-4)20-14(18-15)11-19-12-8-6-5-7-9-12/h5-9,17H,10-11H2,1-4H3. The third-order valence-corrected chi connectivity index (χ3v) is 3.92. The van der Waals surface area contributed by atoms with E-state index < -0.39 is 0 Å². The maximum Gasteiger partial charge on any atom is 0.140 e. The maximum absolute atomic E-state index is 5.78. The molecule has 0 amide bonds. The highest BCUT2D eigenvalue weighted by atomic mass is 32.1. The predicted octanol–water partition coefficient (Wildman–Crippen LogP) is 3.74. The van der Waals surface area contributed by atoms with Crippen molar-refractivity contribution in [1.82, 2.24) is 10.3 Å². The minimum Gasteiger partial charge on any atom is -0.486 e. The Kier molecular flexibility index (Phi) is 4.78. The molecule has 2 rings (SSSR count). The Morgan fingerprint density at radius 2 is 1.90 bits per heavy atom. The van der Waals surface area contributed by atoms with Gasteiger partial charge in [0.05, 0.1) is 5.69 Å². The first-order valence-corrected chi connectivity index (χ1v) is 7.64. The smallest absolute Gasteiger partial charge is 0.140 e. The molecule has 0 radical (unpaired) electrons. The van der Waals surface area contributed by atoms with Crippen molar-refractivity contribution in [1.29, 1.82) is 0 Å². The van der Waals surface area contributed by atoms with Crippen molar-refractivity contribution in [3.05, 3.63) is 45.9 Å². The Labute approximate surface area is 125 Å². The van der Waals surface area contributed by atoms with Crippen LogP contribution in [0.5, 0.6) is 5.75 Å². The van der Waals surface area contributed by atoms with Crippen LogP contribution in [0.15, 0.2) is 30.3 Å². The van der Waals surface area contributed by atoms with Gasteiger partial charge in [0.15, 0.2) is 0 Å². The van der Waals surface area contributed by atoms with Gasteiger partial charge in [-0.05, 0) is 19.2 Å². The molecule has 0 aliphatic carbocycles. The zero-order valence-corrected chi connectivity index (χ0v) is 13.4. The molecule has 0 bridgehead atoms. The molecule has 20 heavy (non-hydrogen) atoms. The van der Waals surface area contributed by atoms with Crippen LogP contribution in [0.4, 0.5) is 0 Å². The van der Waals surface area contributed by atoms with Gasteiger partial charge < -0.3 is 10.1 Å². The van der Waals surface area contributed by atoms with Crippen LogP contribution in [0, 0.1) is 0 Å². The van der Waals surface area contributed by atoms with Crippen LogP contribution in [0.3, 0.4) is 0 Å². The molecule has 0 fully saturated rings. The zero-order valence-electron chi connectivity index (χ0n) is 12.6. The zero-order chi connectivity index (χ0) is 14.6. The highest BCUT2D eigenvalue weighted by Gasteiger charge is 2.22. The van der Waals surface area contributed by atoms with E-state index in [1.54, 1.807) is 11.3 Å². The van der Waals surface area contributed by atoms with Crippen LogP contribution in [0.2, 0.25) is 0 Å². The summed E-state index contributed by atoms with van der Waals surface area (Å²) in [5, 5.41) is 4.24. The number of ether oxygens (including phenoxy) is 1. The van der Waals surface area contributed by atoms with Gasteiger partial charge in [0.1, 0.15) is 17.4 Å². The monoisotopic (exact) mass is 290 g/mol. The van der Waals surface area contributed by atoms with E-state index in [9.17, 15) is 0 Å². The van der Waals surface area contributed by atoms with E-state index in [2.05, 4.69) is 26.1 Å². The van der Waals surface area contributed by atoms with Gasteiger partial charge in [0.2, 0.25) is 0 Å². The van der Waals surface area contributed by atoms with E-state index in [0.717, 1.165) is 17.3 Å².